The minimum Gasteiger partial charge on any atom is -0.337 e. The van der Waals surface area contributed by atoms with Gasteiger partial charge in [0.2, 0.25) is 10.0 Å². The molecule has 0 radical (unpaired) electrons. The molecular weight excluding hydrogens is 462 g/mol. The highest BCUT2D eigenvalue weighted by Crippen LogP contribution is 2.40. The fraction of sp³-hybridized carbons (Fsp3) is 0.238. The molecule has 3 aromatic rings. The molecule has 1 heterocycles. The normalized spacial score (nSPS) is 15.9. The second kappa shape index (κ2) is 7.95. The molecule has 1 fully saturated rings. The number of nitrogens with zero attached hydrogens (tertiary/aromatic N) is 3. The largest absolute Gasteiger partial charge is 0.337 e. The fourth-order valence-corrected chi connectivity index (χ4v) is 4.18. The number of rotatable bonds is 5. The van der Waals surface area contributed by atoms with Crippen LogP contribution in [-0.4, -0.2) is 48.0 Å². The van der Waals surface area contributed by atoms with Crippen LogP contribution in [0.4, 0.5) is 8.78 Å². The number of halogens is 3. The molecule has 11 heteroatoms. The van der Waals surface area contributed by atoms with E-state index in [2.05, 4.69) is 5.10 Å². The third-order valence-electron chi connectivity index (χ3n) is 5.41. The highest BCUT2D eigenvalue weighted by Gasteiger charge is 2.48. The minimum absolute atomic E-state index is 0.0549. The van der Waals surface area contributed by atoms with Gasteiger partial charge in [0.15, 0.2) is 5.69 Å². The van der Waals surface area contributed by atoms with Crippen LogP contribution in [-0.2, 0) is 10.0 Å². The molecule has 168 valence electrons. The van der Waals surface area contributed by atoms with Crippen molar-refractivity contribution in [3.63, 3.8) is 0 Å². The van der Waals surface area contributed by atoms with Crippen LogP contribution in [0.2, 0.25) is 5.02 Å². The molecule has 1 amide bonds. The zero-order valence-electron chi connectivity index (χ0n) is 16.9. The van der Waals surface area contributed by atoms with E-state index in [0.717, 1.165) is 0 Å². The number of benzene rings is 2. The zero-order valence-corrected chi connectivity index (χ0v) is 18.4. The first kappa shape index (κ1) is 22.4. The van der Waals surface area contributed by atoms with Crippen molar-refractivity contribution in [1.82, 2.24) is 14.7 Å². The van der Waals surface area contributed by atoms with Crippen LogP contribution < -0.4 is 5.14 Å². The summed E-state index contributed by atoms with van der Waals surface area (Å²) in [6, 6.07) is 13.5. The Bertz CT molecular complexity index is 1270. The van der Waals surface area contributed by atoms with E-state index in [9.17, 15) is 22.0 Å². The molecule has 32 heavy (non-hydrogen) atoms. The van der Waals surface area contributed by atoms with Crippen LogP contribution >= 0.6 is 11.6 Å². The molecular formula is C21H19ClF2N4O3S. The Balaban J connectivity index is 1.74. The van der Waals surface area contributed by atoms with Crippen molar-refractivity contribution in [2.45, 2.75) is 29.7 Å². The van der Waals surface area contributed by atoms with Crippen LogP contribution in [0.3, 0.4) is 0 Å². The minimum atomic E-state index is -3.86. The summed E-state index contributed by atoms with van der Waals surface area (Å²) in [6.45, 7) is 0. The summed E-state index contributed by atoms with van der Waals surface area (Å²) in [6.07, 6.45) is -0.760. The Morgan fingerprint density at radius 2 is 1.75 bits per heavy atom. The van der Waals surface area contributed by atoms with Crippen molar-refractivity contribution in [3.05, 3.63) is 65.3 Å². The van der Waals surface area contributed by atoms with Crippen LogP contribution in [0.15, 0.2) is 59.5 Å². The summed E-state index contributed by atoms with van der Waals surface area (Å²) >= 11 is 5.97. The number of nitrogens with two attached hydrogens (primary N) is 1. The molecule has 1 aromatic heterocycles. The number of carbonyl (C=O) groups is 1. The maximum atomic E-state index is 13.3. The van der Waals surface area contributed by atoms with Gasteiger partial charge < -0.3 is 4.90 Å². The van der Waals surface area contributed by atoms with Gasteiger partial charge in [-0.05, 0) is 42.5 Å². The van der Waals surface area contributed by atoms with Gasteiger partial charge in [-0.15, -0.1) is 0 Å². The molecule has 0 atom stereocenters. The summed E-state index contributed by atoms with van der Waals surface area (Å²) in [5.74, 6) is -3.24. The number of hydrogen-bond acceptors (Lipinski definition) is 4. The van der Waals surface area contributed by atoms with Crippen LogP contribution in [0.1, 0.15) is 23.3 Å². The summed E-state index contributed by atoms with van der Waals surface area (Å²) in [5.41, 5.74) is 1.76. The van der Waals surface area contributed by atoms with E-state index in [1.807, 2.05) is 0 Å². The monoisotopic (exact) mass is 480 g/mol. The lowest BCUT2D eigenvalue weighted by atomic mass is 9.87. The van der Waals surface area contributed by atoms with E-state index in [1.165, 1.54) is 34.8 Å². The zero-order chi connectivity index (χ0) is 23.3. The molecule has 1 saturated carbocycles. The van der Waals surface area contributed by atoms with Crippen LogP contribution in [0.5, 0.6) is 0 Å². The Kier molecular flexibility index (Phi) is 5.56. The Morgan fingerprint density at radius 1 is 1.16 bits per heavy atom. The summed E-state index contributed by atoms with van der Waals surface area (Å²) in [5, 5.41) is 10.1. The highest BCUT2D eigenvalue weighted by molar-refractivity contribution is 7.89. The third-order valence-corrected chi connectivity index (χ3v) is 6.60. The van der Waals surface area contributed by atoms with Gasteiger partial charge in [0.25, 0.3) is 11.8 Å². The number of alkyl halides is 2. The number of hydrogen-bond donors (Lipinski definition) is 1. The predicted molar refractivity (Wildman–Crippen MR) is 115 cm³/mol. The fourth-order valence-electron chi connectivity index (χ4n) is 3.54. The standard InChI is InChI=1S/C21H19ClF2N4O3S/c1-27(16-11-21(23,24)12-16)20(29)18-10-19(13-2-8-17(9-3-13)32(25,30)31)28(26-18)15-6-4-14(22)5-7-15/h2-10,16H,11-12H2,1H3,(H2,25,30,31). The maximum absolute atomic E-state index is 13.3. The van der Waals surface area contributed by atoms with E-state index in [0.29, 0.717) is 22.0 Å². The van der Waals surface area contributed by atoms with Gasteiger partial charge in [-0.25, -0.2) is 27.0 Å². The average molecular weight is 481 g/mol. The molecule has 2 aromatic carbocycles. The van der Waals surface area contributed by atoms with Crippen molar-refractivity contribution in [2.24, 2.45) is 5.14 Å². The molecule has 7 nitrogen and oxygen atoms in total. The van der Waals surface area contributed by atoms with E-state index >= 15 is 0 Å². The lowest BCUT2D eigenvalue weighted by molar-refractivity contribution is -0.112. The third kappa shape index (κ3) is 4.38. The van der Waals surface area contributed by atoms with E-state index in [1.54, 1.807) is 36.4 Å². The molecule has 1 aliphatic carbocycles. The van der Waals surface area contributed by atoms with Gasteiger partial charge in [0.1, 0.15) is 0 Å². The highest BCUT2D eigenvalue weighted by atomic mass is 35.5. The molecule has 0 saturated heterocycles. The van der Waals surface area contributed by atoms with Gasteiger partial charge >= 0.3 is 0 Å². The van der Waals surface area contributed by atoms with E-state index in [4.69, 9.17) is 16.7 Å². The van der Waals surface area contributed by atoms with Crippen molar-refractivity contribution in [2.75, 3.05) is 7.05 Å². The second-order valence-corrected chi connectivity index (χ2v) is 9.70. The van der Waals surface area contributed by atoms with Crippen molar-refractivity contribution in [1.29, 1.82) is 0 Å². The lowest BCUT2D eigenvalue weighted by Crippen LogP contribution is -2.51. The van der Waals surface area contributed by atoms with Crippen molar-refractivity contribution < 1.29 is 22.0 Å². The first-order chi connectivity index (χ1) is 14.9. The van der Waals surface area contributed by atoms with Gasteiger partial charge in [0.05, 0.1) is 16.3 Å². The number of carbonyl (C=O) groups excluding carboxylic acids is 1. The quantitative estimate of drug-likeness (QED) is 0.601. The smallest absolute Gasteiger partial charge is 0.274 e. The molecule has 0 unspecified atom stereocenters. The summed E-state index contributed by atoms with van der Waals surface area (Å²) in [4.78, 5) is 14.2. The van der Waals surface area contributed by atoms with Gasteiger partial charge in [-0.2, -0.15) is 5.10 Å². The molecule has 2 N–H and O–H groups in total. The Labute approximate surface area is 188 Å². The number of primary sulfonamides is 1. The first-order valence-electron chi connectivity index (χ1n) is 9.59. The second-order valence-electron chi connectivity index (χ2n) is 7.71. The number of sulfonamides is 1. The SMILES string of the molecule is CN(C(=O)c1cc(-c2ccc(S(N)(=O)=O)cc2)n(-c2ccc(Cl)cc2)n1)C1CC(F)(F)C1. The molecule has 0 bridgehead atoms. The topological polar surface area (TPSA) is 98.3 Å². The number of aromatic nitrogens is 2. The maximum Gasteiger partial charge on any atom is 0.274 e. The van der Waals surface area contributed by atoms with Crippen LogP contribution in [0.25, 0.3) is 16.9 Å². The molecule has 0 spiro atoms. The average Bonchev–Trinajstić information content (AvgIpc) is 3.16. The van der Waals surface area contributed by atoms with Crippen molar-refractivity contribution >= 4 is 27.5 Å². The molecule has 4 rings (SSSR count). The Morgan fingerprint density at radius 3 is 2.28 bits per heavy atom. The van der Waals surface area contributed by atoms with Gasteiger partial charge in [-0.1, -0.05) is 23.7 Å². The summed E-state index contributed by atoms with van der Waals surface area (Å²) < 4.78 is 51.1. The molecule has 1 aliphatic rings. The first-order valence-corrected chi connectivity index (χ1v) is 11.5. The predicted octanol–water partition coefficient (Wildman–Crippen LogP) is 3.71. The van der Waals surface area contributed by atoms with Gasteiger partial charge in [-0.3, -0.25) is 4.79 Å². The van der Waals surface area contributed by atoms with Crippen LogP contribution in [0, 0.1) is 0 Å². The number of amides is 1. The lowest BCUT2D eigenvalue weighted by Gasteiger charge is -2.40. The Hall–Kier alpha value is -2.82. The summed E-state index contributed by atoms with van der Waals surface area (Å²) in [7, 11) is -2.39. The van der Waals surface area contributed by atoms with Crippen molar-refractivity contribution in [3.8, 4) is 16.9 Å². The van der Waals surface area contributed by atoms with E-state index in [-0.39, 0.29) is 23.4 Å². The van der Waals surface area contributed by atoms with E-state index < -0.39 is 27.9 Å². The van der Waals surface area contributed by atoms with Gasteiger partial charge in [0, 0.05) is 36.5 Å². The molecule has 0 aliphatic heterocycles.